The molecule has 1 fully saturated rings. The number of nitrogens with one attached hydrogen (secondary N) is 1. The summed E-state index contributed by atoms with van der Waals surface area (Å²) in [5, 5.41) is 3.71. The van der Waals surface area contributed by atoms with Crippen LogP contribution in [-0.2, 0) is 9.47 Å². The Bertz CT molecular complexity index is 227. The molecule has 4 heteroatoms. The molecule has 0 saturated carbocycles. The second-order valence-electron chi connectivity index (χ2n) is 5.78. The molecule has 1 N–H and O–H groups in total. The van der Waals surface area contributed by atoms with Crippen molar-refractivity contribution < 1.29 is 9.47 Å². The van der Waals surface area contributed by atoms with Crippen molar-refractivity contribution in [1.29, 1.82) is 0 Å². The highest BCUT2D eigenvalue weighted by Gasteiger charge is 2.26. The van der Waals surface area contributed by atoms with Gasteiger partial charge in [-0.2, -0.15) is 0 Å². The van der Waals surface area contributed by atoms with Crippen molar-refractivity contribution >= 4 is 0 Å². The maximum atomic E-state index is 5.66. The zero-order chi connectivity index (χ0) is 14.6. The molecule has 0 aromatic rings. The zero-order valence-electron chi connectivity index (χ0n) is 13.7. The molecule has 2 unspecified atom stereocenters. The van der Waals surface area contributed by atoms with Crippen LogP contribution >= 0.6 is 0 Å². The summed E-state index contributed by atoms with van der Waals surface area (Å²) in [5.41, 5.74) is 0. The Hall–Kier alpha value is -0.160. The fourth-order valence-electron chi connectivity index (χ4n) is 2.92. The second kappa shape index (κ2) is 11.5. The van der Waals surface area contributed by atoms with Crippen LogP contribution in [-0.4, -0.2) is 64.1 Å². The van der Waals surface area contributed by atoms with Gasteiger partial charge in [-0.1, -0.05) is 20.3 Å². The molecule has 2 atom stereocenters. The smallest absolute Gasteiger partial charge is 0.0593 e. The zero-order valence-corrected chi connectivity index (χ0v) is 13.7. The lowest BCUT2D eigenvalue weighted by atomic mass is 9.90. The second-order valence-corrected chi connectivity index (χ2v) is 5.78. The van der Waals surface area contributed by atoms with Crippen molar-refractivity contribution in [3.63, 3.8) is 0 Å². The molecular formula is C16H34N2O2. The van der Waals surface area contributed by atoms with E-state index in [-0.39, 0.29) is 0 Å². The molecule has 0 aliphatic carbocycles. The van der Waals surface area contributed by atoms with Crippen LogP contribution in [0.4, 0.5) is 0 Å². The molecule has 1 heterocycles. The van der Waals surface area contributed by atoms with E-state index in [1.807, 2.05) is 0 Å². The first-order valence-corrected chi connectivity index (χ1v) is 8.34. The van der Waals surface area contributed by atoms with Crippen molar-refractivity contribution in [3.8, 4) is 0 Å². The molecule has 1 aliphatic heterocycles. The van der Waals surface area contributed by atoms with Gasteiger partial charge in [0.2, 0.25) is 0 Å². The third-order valence-electron chi connectivity index (χ3n) is 4.19. The first kappa shape index (κ1) is 17.9. The molecule has 120 valence electrons. The quantitative estimate of drug-likeness (QED) is 0.590. The van der Waals surface area contributed by atoms with Gasteiger partial charge in [0, 0.05) is 39.5 Å². The van der Waals surface area contributed by atoms with Crippen LogP contribution < -0.4 is 5.32 Å². The molecule has 0 bridgehead atoms. The summed E-state index contributed by atoms with van der Waals surface area (Å²) in [6.07, 6.45) is 4.78. The number of piperidine rings is 1. The van der Waals surface area contributed by atoms with Crippen molar-refractivity contribution in [2.45, 2.75) is 45.6 Å². The van der Waals surface area contributed by atoms with Crippen LogP contribution in [0.15, 0.2) is 0 Å². The summed E-state index contributed by atoms with van der Waals surface area (Å²) in [4.78, 5) is 2.56. The van der Waals surface area contributed by atoms with Gasteiger partial charge in [-0.25, -0.2) is 0 Å². The van der Waals surface area contributed by atoms with E-state index in [0.717, 1.165) is 51.3 Å². The van der Waals surface area contributed by atoms with Crippen LogP contribution in [0.5, 0.6) is 0 Å². The highest BCUT2D eigenvalue weighted by molar-refractivity contribution is 4.84. The van der Waals surface area contributed by atoms with Gasteiger partial charge in [0.1, 0.15) is 0 Å². The minimum Gasteiger partial charge on any atom is -0.385 e. The fourth-order valence-corrected chi connectivity index (χ4v) is 2.92. The van der Waals surface area contributed by atoms with E-state index in [1.165, 1.54) is 32.4 Å². The summed E-state index contributed by atoms with van der Waals surface area (Å²) < 4.78 is 10.7. The molecule has 4 nitrogen and oxygen atoms in total. The molecular weight excluding hydrogens is 252 g/mol. The van der Waals surface area contributed by atoms with Gasteiger partial charge in [-0.05, 0) is 38.3 Å². The normalized spacial score (nSPS) is 24.1. The molecule has 1 aliphatic rings. The molecule has 0 amide bonds. The summed E-state index contributed by atoms with van der Waals surface area (Å²) >= 11 is 0. The van der Waals surface area contributed by atoms with Crippen molar-refractivity contribution in [2.24, 2.45) is 5.92 Å². The Morgan fingerprint density at radius 3 is 2.75 bits per heavy atom. The van der Waals surface area contributed by atoms with Crippen LogP contribution in [0.1, 0.15) is 39.5 Å². The number of hydrogen-bond acceptors (Lipinski definition) is 4. The van der Waals surface area contributed by atoms with E-state index in [2.05, 4.69) is 24.1 Å². The van der Waals surface area contributed by atoms with Crippen LogP contribution in [0.2, 0.25) is 0 Å². The lowest BCUT2D eigenvalue weighted by Gasteiger charge is -2.38. The SMILES string of the molecule is CCCNC1CCN(CCOCCCOC)CC1CC. The summed E-state index contributed by atoms with van der Waals surface area (Å²) in [6.45, 7) is 11.7. The minimum absolute atomic E-state index is 0.721. The number of nitrogens with zero attached hydrogens (tertiary/aromatic N) is 1. The first-order valence-electron chi connectivity index (χ1n) is 8.34. The lowest BCUT2D eigenvalue weighted by molar-refractivity contribution is 0.0634. The Labute approximate surface area is 125 Å². The topological polar surface area (TPSA) is 33.7 Å². The number of rotatable bonds is 11. The van der Waals surface area contributed by atoms with Crippen LogP contribution in [0.3, 0.4) is 0 Å². The van der Waals surface area contributed by atoms with Gasteiger partial charge in [0.25, 0.3) is 0 Å². The Balaban J connectivity index is 2.13. The van der Waals surface area contributed by atoms with E-state index in [4.69, 9.17) is 9.47 Å². The molecule has 0 radical (unpaired) electrons. The first-order chi connectivity index (χ1) is 9.81. The van der Waals surface area contributed by atoms with Crippen LogP contribution in [0.25, 0.3) is 0 Å². The average molecular weight is 286 g/mol. The number of ether oxygens (including phenoxy) is 2. The van der Waals surface area contributed by atoms with Gasteiger partial charge < -0.3 is 19.7 Å². The average Bonchev–Trinajstić information content (AvgIpc) is 2.49. The highest BCUT2D eigenvalue weighted by atomic mass is 16.5. The standard InChI is InChI=1S/C16H34N2O2/c1-4-8-17-16-7-9-18(14-15(16)5-2)10-13-20-12-6-11-19-3/h15-17H,4-14H2,1-3H3. The van der Waals surface area contributed by atoms with Gasteiger partial charge in [0.15, 0.2) is 0 Å². The number of methoxy groups -OCH3 is 1. The lowest BCUT2D eigenvalue weighted by Crippen LogP contribution is -2.50. The molecule has 0 aromatic carbocycles. The third-order valence-corrected chi connectivity index (χ3v) is 4.19. The van der Waals surface area contributed by atoms with Crippen molar-refractivity contribution in [3.05, 3.63) is 0 Å². The molecule has 20 heavy (non-hydrogen) atoms. The van der Waals surface area contributed by atoms with Gasteiger partial charge in [0.05, 0.1) is 6.61 Å². The Kier molecular flexibility index (Phi) is 10.3. The monoisotopic (exact) mass is 286 g/mol. The van der Waals surface area contributed by atoms with Crippen molar-refractivity contribution in [1.82, 2.24) is 10.2 Å². The van der Waals surface area contributed by atoms with E-state index in [0.29, 0.717) is 0 Å². The van der Waals surface area contributed by atoms with E-state index in [1.54, 1.807) is 7.11 Å². The van der Waals surface area contributed by atoms with Gasteiger partial charge in [-0.15, -0.1) is 0 Å². The van der Waals surface area contributed by atoms with E-state index in [9.17, 15) is 0 Å². The maximum Gasteiger partial charge on any atom is 0.0593 e. The largest absolute Gasteiger partial charge is 0.385 e. The van der Waals surface area contributed by atoms with Gasteiger partial charge >= 0.3 is 0 Å². The molecule has 0 spiro atoms. The molecule has 1 saturated heterocycles. The third kappa shape index (κ3) is 7.02. The van der Waals surface area contributed by atoms with E-state index >= 15 is 0 Å². The Morgan fingerprint density at radius 2 is 2.05 bits per heavy atom. The minimum atomic E-state index is 0.721. The molecule has 0 aromatic heterocycles. The Morgan fingerprint density at radius 1 is 1.20 bits per heavy atom. The molecule has 1 rings (SSSR count). The predicted octanol–water partition coefficient (Wildman–Crippen LogP) is 2.14. The highest BCUT2D eigenvalue weighted by Crippen LogP contribution is 2.20. The summed E-state index contributed by atoms with van der Waals surface area (Å²) in [6, 6.07) is 0.721. The number of hydrogen-bond donors (Lipinski definition) is 1. The number of likely N-dealkylation sites (tertiary alicyclic amines) is 1. The maximum absolute atomic E-state index is 5.66. The summed E-state index contributed by atoms with van der Waals surface area (Å²) in [7, 11) is 1.74. The predicted molar refractivity (Wildman–Crippen MR) is 84.2 cm³/mol. The van der Waals surface area contributed by atoms with Crippen LogP contribution in [0, 0.1) is 5.92 Å². The van der Waals surface area contributed by atoms with E-state index < -0.39 is 0 Å². The summed E-state index contributed by atoms with van der Waals surface area (Å²) in [5.74, 6) is 0.795. The van der Waals surface area contributed by atoms with Crippen molar-refractivity contribution in [2.75, 3.05) is 53.1 Å². The van der Waals surface area contributed by atoms with Gasteiger partial charge in [-0.3, -0.25) is 0 Å². The fraction of sp³-hybridized carbons (Fsp3) is 1.00.